The van der Waals surface area contributed by atoms with E-state index in [-0.39, 0.29) is 0 Å². The molecule has 0 unspecified atom stereocenters. The van der Waals surface area contributed by atoms with E-state index in [1.165, 1.54) is 0 Å². The highest BCUT2D eigenvalue weighted by molar-refractivity contribution is 5.52. The average molecular weight is 164 g/mol. The molecular weight excluding hydrogens is 156 g/mol. The van der Waals surface area contributed by atoms with Crippen LogP contribution in [-0.4, -0.2) is 0 Å². The van der Waals surface area contributed by atoms with Crippen LogP contribution in [0.3, 0.4) is 0 Å². The van der Waals surface area contributed by atoms with Crippen molar-refractivity contribution >= 4 is 11.4 Å². The van der Waals surface area contributed by atoms with E-state index in [1.54, 1.807) is 24.3 Å². The molecule has 0 saturated carbocycles. The molecule has 0 fully saturated rings. The van der Waals surface area contributed by atoms with E-state index in [4.69, 9.17) is 11.1 Å². The summed E-state index contributed by atoms with van der Waals surface area (Å²) in [5.74, 6) is 0. The van der Waals surface area contributed by atoms with E-state index in [0.717, 1.165) is 11.4 Å². The van der Waals surface area contributed by atoms with Crippen LogP contribution in [-0.2, 0) is 0 Å². The number of nitrogens with zero attached hydrogens (tertiary/aromatic N) is 2. The van der Waals surface area contributed by atoms with Gasteiger partial charge in [0.25, 0.3) is 0 Å². The van der Waals surface area contributed by atoms with Crippen molar-refractivity contribution in [2.24, 2.45) is 10.4 Å². The van der Waals surface area contributed by atoms with Crippen LogP contribution >= 0.6 is 0 Å². The molecule has 0 radical (unpaired) electrons. The normalized spacial score (nSPS) is 8.67. The van der Waals surface area contributed by atoms with Gasteiger partial charge < -0.3 is 0 Å². The van der Waals surface area contributed by atoms with Gasteiger partial charge in [-0.25, -0.2) is 0 Å². The molecule has 6 nitrogen and oxygen atoms in total. The number of anilines is 2. The standard InChI is InChI=1S/C6H8N6/c7-11-9-5-1-2-6(4-3-5)10-12-8/h1-4H,(H2,7,9)(H2,8,10). The molecule has 4 N–H and O–H groups in total. The van der Waals surface area contributed by atoms with Crippen LogP contribution < -0.4 is 10.9 Å². The summed E-state index contributed by atoms with van der Waals surface area (Å²) in [7, 11) is 0. The van der Waals surface area contributed by atoms with Crippen molar-refractivity contribution in [3.8, 4) is 0 Å². The van der Waals surface area contributed by atoms with Gasteiger partial charge in [0.15, 0.2) is 0 Å². The Morgan fingerprint density at radius 2 is 1.17 bits per heavy atom. The van der Waals surface area contributed by atoms with E-state index in [1.807, 2.05) is 0 Å². The van der Waals surface area contributed by atoms with E-state index >= 15 is 0 Å². The van der Waals surface area contributed by atoms with Crippen molar-refractivity contribution in [3.05, 3.63) is 24.3 Å². The lowest BCUT2D eigenvalue weighted by Crippen LogP contribution is -1.88. The molecular formula is C6H8N6. The maximum absolute atomic E-state index is 6.52. The zero-order valence-corrected chi connectivity index (χ0v) is 6.20. The lowest BCUT2D eigenvalue weighted by atomic mass is 10.3. The summed E-state index contributed by atoms with van der Waals surface area (Å²) in [4.78, 5) is 0. The predicted octanol–water partition coefficient (Wildman–Crippen LogP) is 2.40. The van der Waals surface area contributed by atoms with Crippen LogP contribution in [0, 0.1) is 11.1 Å². The summed E-state index contributed by atoms with van der Waals surface area (Å²) in [6.07, 6.45) is 0. The molecule has 0 aliphatic rings. The van der Waals surface area contributed by atoms with Crippen molar-refractivity contribution in [1.29, 1.82) is 11.1 Å². The smallest absolute Gasteiger partial charge is 0.0580 e. The second-order valence-corrected chi connectivity index (χ2v) is 2.02. The van der Waals surface area contributed by atoms with Gasteiger partial charge in [-0.05, 0) is 24.3 Å². The van der Waals surface area contributed by atoms with Crippen LogP contribution in [0.4, 0.5) is 11.4 Å². The fraction of sp³-hybridized carbons (Fsp3) is 0. The van der Waals surface area contributed by atoms with Crippen molar-refractivity contribution in [2.75, 3.05) is 10.9 Å². The molecule has 0 saturated heterocycles. The Hall–Kier alpha value is -1.98. The summed E-state index contributed by atoms with van der Waals surface area (Å²) < 4.78 is 0. The third kappa shape index (κ3) is 2.01. The van der Waals surface area contributed by atoms with Crippen LogP contribution in [0.1, 0.15) is 0 Å². The summed E-state index contributed by atoms with van der Waals surface area (Å²) in [6, 6.07) is 6.91. The number of benzene rings is 1. The SMILES string of the molecule is N=NNc1ccc(NN=N)cc1. The number of nitrogens with one attached hydrogen (secondary N) is 4. The molecule has 0 amide bonds. The van der Waals surface area contributed by atoms with Gasteiger partial charge in [0.05, 0.1) is 11.4 Å². The van der Waals surface area contributed by atoms with E-state index in [9.17, 15) is 0 Å². The van der Waals surface area contributed by atoms with Gasteiger partial charge in [-0.15, -0.1) is 0 Å². The molecule has 62 valence electrons. The number of hydrogen-bond donors (Lipinski definition) is 4. The van der Waals surface area contributed by atoms with E-state index in [0.29, 0.717) is 0 Å². The first-order valence-electron chi connectivity index (χ1n) is 3.22. The van der Waals surface area contributed by atoms with Gasteiger partial charge in [0.2, 0.25) is 0 Å². The third-order valence-electron chi connectivity index (χ3n) is 1.25. The minimum atomic E-state index is 0.723. The van der Waals surface area contributed by atoms with Gasteiger partial charge in [-0.2, -0.15) is 11.1 Å². The minimum absolute atomic E-state index is 0.723. The Bertz CT molecular complexity index is 237. The average Bonchev–Trinajstić information content (AvgIpc) is 2.09. The zero-order valence-electron chi connectivity index (χ0n) is 6.20. The molecule has 0 atom stereocenters. The van der Waals surface area contributed by atoms with Gasteiger partial charge in [-0.1, -0.05) is 10.4 Å². The van der Waals surface area contributed by atoms with Crippen molar-refractivity contribution in [2.45, 2.75) is 0 Å². The summed E-state index contributed by atoms with van der Waals surface area (Å²) in [5.41, 5.74) is 19.4. The molecule has 0 aliphatic carbocycles. The summed E-state index contributed by atoms with van der Waals surface area (Å²) >= 11 is 0. The van der Waals surface area contributed by atoms with E-state index in [2.05, 4.69) is 21.3 Å². The monoisotopic (exact) mass is 164 g/mol. The Morgan fingerprint density at radius 3 is 1.42 bits per heavy atom. The van der Waals surface area contributed by atoms with Crippen molar-refractivity contribution < 1.29 is 0 Å². The molecule has 0 heterocycles. The topological polar surface area (TPSA) is 96.5 Å². The van der Waals surface area contributed by atoms with Crippen LogP contribution in [0.5, 0.6) is 0 Å². The molecule has 0 spiro atoms. The van der Waals surface area contributed by atoms with Crippen LogP contribution in [0.15, 0.2) is 34.7 Å². The summed E-state index contributed by atoms with van der Waals surface area (Å²) in [5, 5.41) is 6.00. The highest BCUT2D eigenvalue weighted by Crippen LogP contribution is 2.12. The second kappa shape index (κ2) is 4.02. The maximum Gasteiger partial charge on any atom is 0.0580 e. The van der Waals surface area contributed by atoms with Crippen molar-refractivity contribution in [3.63, 3.8) is 0 Å². The van der Waals surface area contributed by atoms with Gasteiger partial charge in [0.1, 0.15) is 0 Å². The zero-order chi connectivity index (χ0) is 8.81. The third-order valence-corrected chi connectivity index (χ3v) is 1.25. The molecule has 0 aliphatic heterocycles. The highest BCUT2D eigenvalue weighted by atomic mass is 15.4. The Kier molecular flexibility index (Phi) is 2.72. The fourth-order valence-corrected chi connectivity index (χ4v) is 0.748. The molecule has 12 heavy (non-hydrogen) atoms. The molecule has 0 aromatic heterocycles. The van der Waals surface area contributed by atoms with E-state index < -0.39 is 0 Å². The Balaban J connectivity index is 2.70. The molecule has 1 rings (SSSR count). The Labute approximate surface area is 68.9 Å². The minimum Gasteiger partial charge on any atom is -0.260 e. The first kappa shape index (κ1) is 8.12. The van der Waals surface area contributed by atoms with Crippen molar-refractivity contribution in [1.82, 2.24) is 0 Å². The Morgan fingerprint density at radius 1 is 0.833 bits per heavy atom. The maximum atomic E-state index is 6.52. The fourth-order valence-electron chi connectivity index (χ4n) is 0.748. The van der Waals surface area contributed by atoms with Crippen LogP contribution in [0.2, 0.25) is 0 Å². The second-order valence-electron chi connectivity index (χ2n) is 2.02. The first-order valence-corrected chi connectivity index (χ1v) is 3.22. The lowest BCUT2D eigenvalue weighted by Gasteiger charge is -1.99. The lowest BCUT2D eigenvalue weighted by molar-refractivity contribution is 1.05. The number of rotatable bonds is 4. The number of hydrogen-bond acceptors (Lipinski definition) is 4. The molecule has 0 bridgehead atoms. The molecule has 6 heteroatoms. The summed E-state index contributed by atoms with van der Waals surface area (Å²) in [6.45, 7) is 0. The molecule has 1 aromatic rings. The molecule has 1 aromatic carbocycles. The van der Waals surface area contributed by atoms with Crippen LogP contribution in [0.25, 0.3) is 0 Å². The van der Waals surface area contributed by atoms with Gasteiger partial charge in [0, 0.05) is 0 Å². The predicted molar refractivity (Wildman–Crippen MR) is 44.0 cm³/mol. The largest absolute Gasteiger partial charge is 0.260 e. The quantitative estimate of drug-likeness (QED) is 0.406. The highest BCUT2D eigenvalue weighted by Gasteiger charge is 1.90. The van der Waals surface area contributed by atoms with Gasteiger partial charge in [-0.3, -0.25) is 10.9 Å². The van der Waals surface area contributed by atoms with Gasteiger partial charge >= 0.3 is 0 Å². The first-order chi connectivity index (χ1) is 5.86.